The zero-order valence-electron chi connectivity index (χ0n) is 9.72. The average Bonchev–Trinajstić information content (AvgIpc) is 2.34. The van der Waals surface area contributed by atoms with E-state index in [1.807, 2.05) is 0 Å². The first-order valence-corrected chi connectivity index (χ1v) is 8.51. The Kier molecular flexibility index (Phi) is 4.62. The van der Waals surface area contributed by atoms with Crippen LogP contribution in [0.15, 0.2) is 0 Å². The van der Waals surface area contributed by atoms with E-state index in [-0.39, 0.29) is 5.75 Å². The quantitative estimate of drug-likeness (QED) is 0.613. The van der Waals surface area contributed by atoms with Crippen molar-refractivity contribution in [3.05, 3.63) is 0 Å². The van der Waals surface area contributed by atoms with E-state index in [0.29, 0.717) is 17.8 Å². The molecule has 11 heteroatoms. The molecule has 0 radical (unpaired) electrons. The van der Waals surface area contributed by atoms with Gasteiger partial charge in [0.25, 0.3) is 0 Å². The van der Waals surface area contributed by atoms with Gasteiger partial charge in [-0.2, -0.15) is 26.3 Å². The summed E-state index contributed by atoms with van der Waals surface area (Å²) >= 11 is 0.455. The summed E-state index contributed by atoms with van der Waals surface area (Å²) in [4.78, 5) is 0. The summed E-state index contributed by atoms with van der Waals surface area (Å²) in [5.41, 5.74) is 5.05. The van der Waals surface area contributed by atoms with Crippen LogP contribution in [0.1, 0.15) is 19.8 Å². The van der Waals surface area contributed by atoms with E-state index < -0.39 is 37.0 Å². The molecule has 0 amide bonds. The Hall–Kier alpha value is 0.0800. The van der Waals surface area contributed by atoms with Gasteiger partial charge in [-0.1, -0.05) is 18.3 Å². The van der Waals surface area contributed by atoms with E-state index in [1.54, 1.807) is 6.92 Å². The van der Waals surface area contributed by atoms with Crippen LogP contribution in [0.5, 0.6) is 0 Å². The number of halogens is 6. The minimum Gasteiger partial charge on any atom is -0.300 e. The van der Waals surface area contributed by atoms with Crippen LogP contribution in [0.4, 0.5) is 26.3 Å². The summed E-state index contributed by atoms with van der Waals surface area (Å²) in [5.74, 6) is -15.5. The molecular formula is C8H12F6NO2PS. The van der Waals surface area contributed by atoms with Crippen molar-refractivity contribution in [2.45, 2.75) is 43.6 Å². The molecule has 1 aliphatic rings. The van der Waals surface area contributed by atoms with Crippen LogP contribution in [0.2, 0.25) is 0 Å². The molecule has 0 aromatic heterocycles. The fourth-order valence-electron chi connectivity index (χ4n) is 1.46. The van der Waals surface area contributed by atoms with E-state index in [0.717, 1.165) is 0 Å². The van der Waals surface area contributed by atoms with Crippen molar-refractivity contribution in [3.8, 4) is 0 Å². The molecule has 0 bridgehead atoms. The van der Waals surface area contributed by atoms with E-state index in [4.69, 9.17) is 5.50 Å². The summed E-state index contributed by atoms with van der Waals surface area (Å²) < 4.78 is 93.5. The number of rotatable bonds is 5. The third-order valence-electron chi connectivity index (χ3n) is 2.47. The Balaban J connectivity index is 2.89. The zero-order chi connectivity index (χ0) is 15.1. The number of alkyl halides is 6. The summed E-state index contributed by atoms with van der Waals surface area (Å²) in [7, 11) is 0. The molecule has 2 unspecified atom stereocenters. The van der Waals surface area contributed by atoms with Gasteiger partial charge in [-0.25, -0.2) is 0 Å². The van der Waals surface area contributed by atoms with Crippen LogP contribution in [0.3, 0.4) is 0 Å². The first-order chi connectivity index (χ1) is 8.37. The molecule has 0 aliphatic heterocycles. The Morgan fingerprint density at radius 1 is 1.32 bits per heavy atom. The molecule has 2 N–H and O–H groups in total. The van der Waals surface area contributed by atoms with Gasteiger partial charge >= 0.3 is 24.5 Å². The second-order valence-corrected chi connectivity index (χ2v) is 8.33. The standard InChI is InChI=1S/C8H12F6NO2PS/c1-2-3-19-18(15,16)17-5-4-6(9,10)8(13,14)7(5,11)12/h5H,2-4H2,1H3,(H2,15,16). The van der Waals surface area contributed by atoms with Gasteiger partial charge in [-0.3, -0.25) is 14.6 Å². The van der Waals surface area contributed by atoms with Crippen LogP contribution in [-0.2, 0) is 9.09 Å². The minimum atomic E-state index is -5.56. The normalized spacial score (nSPS) is 31.1. The highest BCUT2D eigenvalue weighted by molar-refractivity contribution is 8.55. The third-order valence-corrected chi connectivity index (χ3v) is 5.86. The Bertz CT molecular complexity index is 393. The van der Waals surface area contributed by atoms with Crippen molar-refractivity contribution in [1.29, 1.82) is 0 Å². The maximum Gasteiger partial charge on any atom is 0.374 e. The molecule has 0 heterocycles. The van der Waals surface area contributed by atoms with Gasteiger partial charge in [0.2, 0.25) is 0 Å². The maximum atomic E-state index is 13.2. The van der Waals surface area contributed by atoms with Gasteiger partial charge in [0, 0.05) is 5.75 Å². The zero-order valence-corrected chi connectivity index (χ0v) is 11.4. The predicted octanol–water partition coefficient (Wildman–Crippen LogP) is 3.89. The number of hydrogen-bond donors (Lipinski definition) is 1. The summed E-state index contributed by atoms with van der Waals surface area (Å²) in [6, 6.07) is 0. The molecule has 0 spiro atoms. The number of nitrogens with two attached hydrogens (primary N) is 1. The monoisotopic (exact) mass is 331 g/mol. The molecule has 0 saturated heterocycles. The van der Waals surface area contributed by atoms with Gasteiger partial charge in [0.1, 0.15) is 6.10 Å². The highest BCUT2D eigenvalue weighted by atomic mass is 32.7. The van der Waals surface area contributed by atoms with Gasteiger partial charge in [-0.05, 0) is 6.42 Å². The topological polar surface area (TPSA) is 52.3 Å². The molecule has 19 heavy (non-hydrogen) atoms. The SMILES string of the molecule is CCCSP(N)(=O)OC1CC(F)(F)C(F)(F)C1(F)F. The summed E-state index contributed by atoms with van der Waals surface area (Å²) in [5, 5.41) is 0. The van der Waals surface area contributed by atoms with Crippen LogP contribution in [0.25, 0.3) is 0 Å². The van der Waals surface area contributed by atoms with Crippen LogP contribution >= 0.6 is 18.1 Å². The molecule has 0 aromatic carbocycles. The Labute approximate surface area is 109 Å². The highest BCUT2D eigenvalue weighted by Crippen LogP contribution is 2.62. The molecule has 114 valence electrons. The Morgan fingerprint density at radius 2 is 1.84 bits per heavy atom. The van der Waals surface area contributed by atoms with E-state index in [1.165, 1.54) is 0 Å². The molecule has 0 aromatic rings. The molecule has 1 saturated carbocycles. The van der Waals surface area contributed by atoms with Crippen LogP contribution < -0.4 is 5.50 Å². The van der Waals surface area contributed by atoms with Gasteiger partial charge in [0.05, 0.1) is 6.42 Å². The van der Waals surface area contributed by atoms with Gasteiger partial charge in [-0.15, -0.1) is 0 Å². The lowest BCUT2D eigenvalue weighted by atomic mass is 10.2. The summed E-state index contributed by atoms with van der Waals surface area (Å²) in [6.07, 6.45) is -4.33. The van der Waals surface area contributed by atoms with Crippen molar-refractivity contribution < 1.29 is 35.4 Å². The predicted molar refractivity (Wildman–Crippen MR) is 58.9 cm³/mol. The van der Waals surface area contributed by atoms with Crippen molar-refractivity contribution >= 4 is 18.1 Å². The first-order valence-electron chi connectivity index (χ1n) is 5.22. The van der Waals surface area contributed by atoms with Crippen molar-refractivity contribution in [2.24, 2.45) is 5.50 Å². The molecule has 2 atom stereocenters. The fourth-order valence-corrected chi connectivity index (χ4v) is 4.33. The second-order valence-electron chi connectivity index (χ2n) is 4.07. The van der Waals surface area contributed by atoms with E-state index >= 15 is 0 Å². The first kappa shape index (κ1) is 17.1. The van der Waals surface area contributed by atoms with E-state index in [9.17, 15) is 30.9 Å². The smallest absolute Gasteiger partial charge is 0.300 e. The summed E-state index contributed by atoms with van der Waals surface area (Å²) in [6.45, 7) is -2.51. The molecule has 3 nitrogen and oxygen atoms in total. The van der Waals surface area contributed by atoms with Crippen LogP contribution in [-0.4, -0.2) is 29.6 Å². The highest BCUT2D eigenvalue weighted by Gasteiger charge is 2.81. The van der Waals surface area contributed by atoms with Crippen molar-refractivity contribution in [1.82, 2.24) is 0 Å². The largest absolute Gasteiger partial charge is 0.374 e. The minimum absolute atomic E-state index is 0.166. The van der Waals surface area contributed by atoms with E-state index in [2.05, 4.69) is 4.52 Å². The van der Waals surface area contributed by atoms with Crippen molar-refractivity contribution in [3.63, 3.8) is 0 Å². The van der Waals surface area contributed by atoms with Gasteiger partial charge < -0.3 is 0 Å². The third kappa shape index (κ3) is 3.06. The lowest BCUT2D eigenvalue weighted by Crippen LogP contribution is -2.49. The molecular weight excluding hydrogens is 319 g/mol. The lowest BCUT2D eigenvalue weighted by molar-refractivity contribution is -0.279. The maximum absolute atomic E-state index is 13.2. The molecule has 1 fully saturated rings. The number of hydrogen-bond acceptors (Lipinski definition) is 3. The Morgan fingerprint density at radius 3 is 2.21 bits per heavy atom. The molecule has 1 rings (SSSR count). The van der Waals surface area contributed by atoms with Crippen LogP contribution in [0, 0.1) is 0 Å². The molecule has 1 aliphatic carbocycles. The fraction of sp³-hybridized carbons (Fsp3) is 1.00. The second kappa shape index (κ2) is 5.13. The average molecular weight is 331 g/mol. The lowest BCUT2D eigenvalue weighted by Gasteiger charge is -2.26. The van der Waals surface area contributed by atoms with Gasteiger partial charge in [0.15, 0.2) is 0 Å². The van der Waals surface area contributed by atoms with Crippen molar-refractivity contribution in [2.75, 3.05) is 5.75 Å².